The first kappa shape index (κ1) is 12.5. The third-order valence-electron chi connectivity index (χ3n) is 2.12. The van der Waals surface area contributed by atoms with E-state index in [1.165, 1.54) is 22.3 Å². The highest BCUT2D eigenvalue weighted by Gasteiger charge is 2.04. The molecule has 0 saturated heterocycles. The van der Waals surface area contributed by atoms with Gasteiger partial charge in [0, 0.05) is 13.3 Å². The minimum absolute atomic E-state index is 1.12. The zero-order chi connectivity index (χ0) is 9.84. The Labute approximate surface area is 121 Å². The highest BCUT2D eigenvalue weighted by Crippen LogP contribution is 2.23. The molecule has 0 saturated carbocycles. The van der Waals surface area contributed by atoms with Crippen LogP contribution >= 0.6 is 67.8 Å². The second-order valence-electron chi connectivity index (χ2n) is 2.94. The molecule has 1 aromatic rings. The zero-order valence-electron chi connectivity index (χ0n) is 7.41. The molecule has 1 aromatic carbocycles. The fourth-order valence-corrected chi connectivity index (χ4v) is 3.29. The van der Waals surface area contributed by atoms with Crippen molar-refractivity contribution in [2.45, 2.75) is 20.2 Å². The molecule has 1 rings (SSSR count). The summed E-state index contributed by atoms with van der Waals surface area (Å²) in [7, 11) is 0. The summed E-state index contributed by atoms with van der Waals surface area (Å²) in [5, 5.41) is 0. The highest BCUT2D eigenvalue weighted by atomic mass is 127. The zero-order valence-corrected chi connectivity index (χ0v) is 13.9. The number of benzene rings is 1. The van der Waals surface area contributed by atoms with Crippen LogP contribution in [0.2, 0.25) is 0 Å². The van der Waals surface area contributed by atoms with Gasteiger partial charge in [-0.15, -0.1) is 0 Å². The molecule has 0 aliphatic carbocycles. The summed E-state index contributed by atoms with van der Waals surface area (Å²) in [5.41, 5.74) is 5.95. The Balaban J connectivity index is 3.20. The van der Waals surface area contributed by atoms with E-state index in [0.717, 1.165) is 13.3 Å². The van der Waals surface area contributed by atoms with Crippen LogP contribution in [0.25, 0.3) is 0 Å². The maximum atomic E-state index is 2.44. The monoisotopic (exact) mass is 512 g/mol. The van der Waals surface area contributed by atoms with Crippen molar-refractivity contribution in [1.29, 1.82) is 0 Å². The van der Waals surface area contributed by atoms with Crippen LogP contribution in [0, 0.1) is 6.92 Å². The standard InChI is InChI=1S/C10H11I3/c1-7-9(5-12)2-8(4-11)3-10(7)6-13/h2-3H,4-6H2,1H3. The number of hydrogen-bond acceptors (Lipinski definition) is 0. The Bertz CT molecular complexity index is 269. The molecule has 0 unspecified atom stereocenters. The summed E-state index contributed by atoms with van der Waals surface area (Å²) in [4.78, 5) is 0. The van der Waals surface area contributed by atoms with Crippen LogP contribution < -0.4 is 0 Å². The summed E-state index contributed by atoms with van der Waals surface area (Å²) in [5.74, 6) is 0. The lowest BCUT2D eigenvalue weighted by molar-refractivity contribution is 1.22. The predicted octanol–water partition coefficient (Wildman–Crippen LogP) is 4.80. The Kier molecular flexibility index (Phi) is 5.85. The first-order valence-corrected chi connectivity index (χ1v) is 8.59. The van der Waals surface area contributed by atoms with Crippen LogP contribution in [0.3, 0.4) is 0 Å². The van der Waals surface area contributed by atoms with Gasteiger partial charge in [0.15, 0.2) is 0 Å². The first-order valence-electron chi connectivity index (χ1n) is 4.02. The highest BCUT2D eigenvalue weighted by molar-refractivity contribution is 14.1. The lowest BCUT2D eigenvalue weighted by atomic mass is 10.0. The number of halogens is 3. The summed E-state index contributed by atoms with van der Waals surface area (Å²) in [6, 6.07) is 4.67. The van der Waals surface area contributed by atoms with Gasteiger partial charge in [-0.25, -0.2) is 0 Å². The van der Waals surface area contributed by atoms with Crippen LogP contribution in [-0.2, 0) is 13.3 Å². The predicted molar refractivity (Wildman–Crippen MR) is 84.4 cm³/mol. The lowest BCUT2D eigenvalue weighted by Crippen LogP contribution is -1.94. The van der Waals surface area contributed by atoms with Gasteiger partial charge in [-0.05, 0) is 29.2 Å². The van der Waals surface area contributed by atoms with Gasteiger partial charge in [-0.1, -0.05) is 79.9 Å². The van der Waals surface area contributed by atoms with Crippen molar-refractivity contribution < 1.29 is 0 Å². The van der Waals surface area contributed by atoms with Gasteiger partial charge >= 0.3 is 0 Å². The summed E-state index contributed by atoms with van der Waals surface area (Å²) in [6.45, 7) is 2.24. The van der Waals surface area contributed by atoms with E-state index >= 15 is 0 Å². The number of alkyl halides is 3. The van der Waals surface area contributed by atoms with E-state index in [9.17, 15) is 0 Å². The molecule has 0 fully saturated rings. The summed E-state index contributed by atoms with van der Waals surface area (Å²) >= 11 is 7.31. The van der Waals surface area contributed by atoms with Crippen LogP contribution in [-0.4, -0.2) is 0 Å². The van der Waals surface area contributed by atoms with E-state index in [4.69, 9.17) is 0 Å². The maximum Gasteiger partial charge on any atom is 0.0249 e. The van der Waals surface area contributed by atoms with Crippen molar-refractivity contribution in [2.75, 3.05) is 0 Å². The second kappa shape index (κ2) is 6.09. The van der Waals surface area contributed by atoms with Gasteiger partial charge in [-0.2, -0.15) is 0 Å². The molecule has 0 radical (unpaired) electrons. The molecule has 0 bridgehead atoms. The minimum atomic E-state index is 1.12. The van der Waals surface area contributed by atoms with E-state index in [1.54, 1.807) is 0 Å². The molecule has 0 amide bonds. The van der Waals surface area contributed by atoms with Crippen LogP contribution in [0.1, 0.15) is 22.3 Å². The van der Waals surface area contributed by atoms with E-state index in [1.807, 2.05) is 0 Å². The third kappa shape index (κ3) is 3.19. The lowest BCUT2D eigenvalue weighted by Gasteiger charge is -2.10. The Morgan fingerprint density at radius 2 is 1.38 bits per heavy atom. The van der Waals surface area contributed by atoms with E-state index in [-0.39, 0.29) is 0 Å². The molecular formula is C10H11I3. The van der Waals surface area contributed by atoms with Crippen molar-refractivity contribution >= 4 is 67.8 Å². The van der Waals surface area contributed by atoms with Crippen molar-refractivity contribution in [3.63, 3.8) is 0 Å². The summed E-state index contributed by atoms with van der Waals surface area (Å²) in [6.07, 6.45) is 0. The largest absolute Gasteiger partial charge is 0.0812 e. The SMILES string of the molecule is Cc1c(CI)cc(CI)cc1CI. The fraction of sp³-hybridized carbons (Fsp3) is 0.400. The number of rotatable bonds is 3. The molecular weight excluding hydrogens is 501 g/mol. The molecule has 0 nitrogen and oxygen atoms in total. The van der Waals surface area contributed by atoms with E-state index < -0.39 is 0 Å². The van der Waals surface area contributed by atoms with Crippen LogP contribution in [0.15, 0.2) is 12.1 Å². The molecule has 0 aliphatic rings. The normalized spacial score (nSPS) is 10.5. The summed E-state index contributed by atoms with van der Waals surface area (Å²) < 4.78 is 3.36. The molecule has 0 spiro atoms. The van der Waals surface area contributed by atoms with E-state index in [2.05, 4.69) is 86.8 Å². The molecule has 0 aromatic heterocycles. The van der Waals surface area contributed by atoms with Gasteiger partial charge in [0.2, 0.25) is 0 Å². The van der Waals surface area contributed by atoms with E-state index in [0.29, 0.717) is 0 Å². The minimum Gasteiger partial charge on any atom is -0.0812 e. The molecule has 0 aliphatic heterocycles. The first-order chi connectivity index (χ1) is 6.22. The maximum absolute atomic E-state index is 2.44. The Hall–Kier alpha value is 1.41. The van der Waals surface area contributed by atoms with Gasteiger partial charge < -0.3 is 0 Å². The molecule has 3 heteroatoms. The number of hydrogen-bond donors (Lipinski definition) is 0. The molecule has 72 valence electrons. The van der Waals surface area contributed by atoms with Crippen LogP contribution in [0.5, 0.6) is 0 Å². The average molecular weight is 512 g/mol. The molecule has 0 heterocycles. The van der Waals surface area contributed by atoms with Gasteiger partial charge in [0.25, 0.3) is 0 Å². The quantitative estimate of drug-likeness (QED) is 0.404. The van der Waals surface area contributed by atoms with Crippen LogP contribution in [0.4, 0.5) is 0 Å². The molecule has 0 atom stereocenters. The smallest absolute Gasteiger partial charge is 0.0249 e. The average Bonchev–Trinajstić information content (AvgIpc) is 2.18. The fourth-order valence-electron chi connectivity index (χ4n) is 1.27. The van der Waals surface area contributed by atoms with Crippen molar-refractivity contribution in [1.82, 2.24) is 0 Å². The van der Waals surface area contributed by atoms with Crippen molar-refractivity contribution in [3.05, 3.63) is 34.4 Å². The second-order valence-corrected chi connectivity index (χ2v) is 5.23. The van der Waals surface area contributed by atoms with Crippen molar-refractivity contribution in [3.8, 4) is 0 Å². The third-order valence-corrected chi connectivity index (χ3v) is 4.65. The van der Waals surface area contributed by atoms with Gasteiger partial charge in [0.1, 0.15) is 0 Å². The topological polar surface area (TPSA) is 0 Å². The van der Waals surface area contributed by atoms with Gasteiger partial charge in [-0.3, -0.25) is 0 Å². The Morgan fingerprint density at radius 3 is 1.69 bits per heavy atom. The Morgan fingerprint density at radius 1 is 0.923 bits per heavy atom. The molecule has 0 N–H and O–H groups in total. The van der Waals surface area contributed by atoms with Gasteiger partial charge in [0.05, 0.1) is 0 Å². The van der Waals surface area contributed by atoms with Crippen molar-refractivity contribution in [2.24, 2.45) is 0 Å². The molecule has 13 heavy (non-hydrogen) atoms.